The molecule has 0 saturated heterocycles. The highest BCUT2D eigenvalue weighted by Gasteiger charge is 2.65. The third-order valence-electron chi connectivity index (χ3n) is 7.48. The van der Waals surface area contributed by atoms with Gasteiger partial charge in [-0.2, -0.15) is 0 Å². The quantitative estimate of drug-likeness (QED) is 0.277. The Bertz CT molecular complexity index is 976. The number of rotatable bonds is 6. The van der Waals surface area contributed by atoms with E-state index in [9.17, 15) is 28.8 Å². The number of methoxy groups -OCH3 is 6. The van der Waals surface area contributed by atoms with E-state index < -0.39 is 58.5 Å². The predicted molar refractivity (Wildman–Crippen MR) is 116 cm³/mol. The molecule has 0 heterocycles. The Labute approximate surface area is 206 Å². The van der Waals surface area contributed by atoms with Gasteiger partial charge in [0, 0.05) is 0 Å². The molecule has 2 saturated carbocycles. The van der Waals surface area contributed by atoms with Gasteiger partial charge >= 0.3 is 35.8 Å². The zero-order valence-electron chi connectivity index (χ0n) is 20.9. The highest BCUT2D eigenvalue weighted by molar-refractivity contribution is 6.11. The molecule has 0 radical (unpaired) electrons. The Balaban J connectivity index is 2.35. The maximum absolute atomic E-state index is 13.0. The van der Waals surface area contributed by atoms with E-state index in [2.05, 4.69) is 0 Å². The summed E-state index contributed by atoms with van der Waals surface area (Å²) < 4.78 is 29.6. The van der Waals surface area contributed by atoms with Crippen LogP contribution in [0.1, 0.15) is 25.7 Å². The Morgan fingerprint density at radius 1 is 0.528 bits per heavy atom. The molecule has 3 aliphatic rings. The molecule has 0 aromatic heterocycles. The standard InChI is InChI=1S/C24H28O12/c1-31-17(25)15-13-9-23(19(27)33-3,20(28)34-4)7-11(13)12-8-24(21(29)35-5,22(30)36-6)10-14(12)16(15)18(26)32-2/h11-12H,7-10H2,1-6H3. The van der Waals surface area contributed by atoms with Crippen molar-refractivity contribution in [3.63, 3.8) is 0 Å². The second-order valence-corrected chi connectivity index (χ2v) is 8.89. The summed E-state index contributed by atoms with van der Waals surface area (Å²) in [5, 5.41) is 0. The Hall–Kier alpha value is -3.70. The number of fused-ring (bicyclic) bond motifs is 3. The lowest BCUT2D eigenvalue weighted by Gasteiger charge is -2.31. The number of allylic oxidation sites excluding steroid dienone is 2. The summed E-state index contributed by atoms with van der Waals surface area (Å²) in [4.78, 5) is 77.7. The molecule has 2 fully saturated rings. The maximum Gasteiger partial charge on any atom is 0.338 e. The molecule has 0 aliphatic heterocycles. The normalized spacial score (nSPS) is 23.2. The van der Waals surface area contributed by atoms with Crippen LogP contribution in [0.15, 0.2) is 22.3 Å². The lowest BCUT2D eigenvalue weighted by atomic mass is 9.73. The van der Waals surface area contributed by atoms with Gasteiger partial charge in [-0.3, -0.25) is 19.2 Å². The third-order valence-corrected chi connectivity index (χ3v) is 7.48. The molecule has 0 spiro atoms. The molecule has 12 nitrogen and oxygen atoms in total. The molecule has 0 N–H and O–H groups in total. The molecular weight excluding hydrogens is 480 g/mol. The van der Waals surface area contributed by atoms with Gasteiger partial charge < -0.3 is 28.4 Å². The number of carbonyl (C=O) groups excluding carboxylic acids is 6. The van der Waals surface area contributed by atoms with E-state index in [-0.39, 0.29) is 48.0 Å². The van der Waals surface area contributed by atoms with E-state index in [1.807, 2.05) is 0 Å². The molecule has 0 aromatic rings. The molecule has 12 heteroatoms. The van der Waals surface area contributed by atoms with Gasteiger partial charge in [-0.05, 0) is 48.7 Å². The summed E-state index contributed by atoms with van der Waals surface area (Å²) in [5.41, 5.74) is -3.45. The van der Waals surface area contributed by atoms with E-state index in [4.69, 9.17) is 28.4 Å². The van der Waals surface area contributed by atoms with Crippen molar-refractivity contribution in [1.29, 1.82) is 0 Å². The molecule has 0 amide bonds. The van der Waals surface area contributed by atoms with Crippen molar-refractivity contribution in [1.82, 2.24) is 0 Å². The van der Waals surface area contributed by atoms with Crippen LogP contribution in [0.25, 0.3) is 0 Å². The maximum atomic E-state index is 13.0. The number of esters is 6. The summed E-state index contributed by atoms with van der Waals surface area (Å²) in [6.45, 7) is 0. The fourth-order valence-corrected chi connectivity index (χ4v) is 5.93. The predicted octanol–water partition coefficient (Wildman–Crippen LogP) is 0.424. The zero-order chi connectivity index (χ0) is 27.0. The van der Waals surface area contributed by atoms with E-state index in [1.165, 1.54) is 0 Å². The molecule has 196 valence electrons. The van der Waals surface area contributed by atoms with Crippen LogP contribution in [0.4, 0.5) is 0 Å². The van der Waals surface area contributed by atoms with Crippen molar-refractivity contribution >= 4 is 35.8 Å². The molecule has 3 rings (SSSR count). The zero-order valence-corrected chi connectivity index (χ0v) is 20.9. The van der Waals surface area contributed by atoms with Crippen LogP contribution >= 0.6 is 0 Å². The van der Waals surface area contributed by atoms with Gasteiger partial charge in [0.1, 0.15) is 0 Å². The summed E-state index contributed by atoms with van der Waals surface area (Å²) in [6, 6.07) is 0. The van der Waals surface area contributed by atoms with Crippen LogP contribution in [-0.2, 0) is 57.2 Å². The monoisotopic (exact) mass is 508 g/mol. The van der Waals surface area contributed by atoms with E-state index in [1.54, 1.807) is 0 Å². The minimum atomic E-state index is -1.82. The summed E-state index contributed by atoms with van der Waals surface area (Å²) >= 11 is 0. The van der Waals surface area contributed by atoms with Crippen LogP contribution in [0, 0.1) is 22.7 Å². The fourth-order valence-electron chi connectivity index (χ4n) is 5.93. The SMILES string of the molecule is COC(=O)C1=C2CC(C(=O)OC)(C(=O)OC)CC2C2CC(C(=O)OC)(C(=O)OC)CC2=C1C(=O)OC. The van der Waals surface area contributed by atoms with Gasteiger partial charge in [0.2, 0.25) is 0 Å². The van der Waals surface area contributed by atoms with Gasteiger partial charge in [0.15, 0.2) is 10.8 Å². The summed E-state index contributed by atoms with van der Waals surface area (Å²) in [5.74, 6) is -6.76. The van der Waals surface area contributed by atoms with E-state index in [0.717, 1.165) is 42.7 Å². The van der Waals surface area contributed by atoms with E-state index >= 15 is 0 Å². The van der Waals surface area contributed by atoms with Crippen molar-refractivity contribution in [2.24, 2.45) is 22.7 Å². The molecule has 36 heavy (non-hydrogen) atoms. The molecule has 0 bridgehead atoms. The summed E-state index contributed by atoms with van der Waals surface area (Å²) in [7, 11) is 6.68. The number of hydrogen-bond donors (Lipinski definition) is 0. The van der Waals surface area contributed by atoms with Gasteiger partial charge in [0.05, 0.1) is 53.8 Å². The van der Waals surface area contributed by atoms with Crippen LogP contribution < -0.4 is 0 Å². The Morgan fingerprint density at radius 2 is 0.806 bits per heavy atom. The average molecular weight is 508 g/mol. The molecular formula is C24H28O12. The number of hydrogen-bond acceptors (Lipinski definition) is 12. The highest BCUT2D eigenvalue weighted by Crippen LogP contribution is 2.62. The number of ether oxygens (including phenoxy) is 6. The van der Waals surface area contributed by atoms with E-state index in [0.29, 0.717) is 0 Å². The first kappa shape index (κ1) is 26.9. The van der Waals surface area contributed by atoms with Crippen molar-refractivity contribution in [3.05, 3.63) is 22.3 Å². The summed E-state index contributed by atoms with van der Waals surface area (Å²) in [6.07, 6.45) is -0.892. The Morgan fingerprint density at radius 3 is 1.03 bits per heavy atom. The van der Waals surface area contributed by atoms with Crippen LogP contribution in [0.2, 0.25) is 0 Å². The smallest absolute Gasteiger partial charge is 0.338 e. The molecule has 2 unspecified atom stereocenters. The van der Waals surface area contributed by atoms with Crippen molar-refractivity contribution < 1.29 is 57.2 Å². The van der Waals surface area contributed by atoms with Gasteiger partial charge in [-0.15, -0.1) is 0 Å². The minimum absolute atomic E-state index is 0.150. The van der Waals surface area contributed by atoms with Crippen LogP contribution in [0.5, 0.6) is 0 Å². The third kappa shape index (κ3) is 3.66. The topological polar surface area (TPSA) is 158 Å². The first-order valence-electron chi connectivity index (χ1n) is 11.0. The molecule has 3 aliphatic carbocycles. The van der Waals surface area contributed by atoms with Gasteiger partial charge in [-0.1, -0.05) is 0 Å². The highest BCUT2D eigenvalue weighted by atomic mass is 16.6. The van der Waals surface area contributed by atoms with Crippen LogP contribution in [-0.4, -0.2) is 78.5 Å². The Kier molecular flexibility index (Phi) is 7.28. The van der Waals surface area contributed by atoms with Gasteiger partial charge in [0.25, 0.3) is 0 Å². The lowest BCUT2D eigenvalue weighted by Crippen LogP contribution is -2.40. The largest absolute Gasteiger partial charge is 0.468 e. The lowest BCUT2D eigenvalue weighted by molar-refractivity contribution is -0.171. The van der Waals surface area contributed by atoms with Crippen molar-refractivity contribution in [3.8, 4) is 0 Å². The fraction of sp³-hybridized carbons (Fsp3) is 0.583. The minimum Gasteiger partial charge on any atom is -0.468 e. The second-order valence-electron chi connectivity index (χ2n) is 8.89. The van der Waals surface area contributed by atoms with Crippen molar-refractivity contribution in [2.75, 3.05) is 42.7 Å². The second kappa shape index (κ2) is 9.75. The average Bonchev–Trinajstić information content (AvgIpc) is 3.50. The van der Waals surface area contributed by atoms with Gasteiger partial charge in [-0.25, -0.2) is 9.59 Å². The molecule has 2 atom stereocenters. The first-order valence-corrected chi connectivity index (χ1v) is 11.0. The molecule has 0 aromatic carbocycles. The first-order chi connectivity index (χ1) is 17.0. The van der Waals surface area contributed by atoms with Crippen molar-refractivity contribution in [2.45, 2.75) is 25.7 Å². The van der Waals surface area contributed by atoms with Crippen LogP contribution in [0.3, 0.4) is 0 Å². The number of carbonyl (C=O) groups is 6.